The summed E-state index contributed by atoms with van der Waals surface area (Å²) in [6.07, 6.45) is 4.89. The van der Waals surface area contributed by atoms with Crippen molar-refractivity contribution in [3.8, 4) is 0 Å². The molecule has 0 amide bonds. The third kappa shape index (κ3) is 1.51. The average molecular weight is 196 g/mol. The monoisotopic (exact) mass is 196 g/mol. The zero-order chi connectivity index (χ0) is 10.1. The number of hydrogen-bond donors (Lipinski definition) is 1. The molecule has 1 heterocycles. The molecule has 1 saturated heterocycles. The summed E-state index contributed by atoms with van der Waals surface area (Å²) in [5.74, 6) is 0.725. The summed E-state index contributed by atoms with van der Waals surface area (Å²) in [6.45, 7) is 2.25. The molecular weight excluding hydrogens is 180 g/mol. The number of rotatable bonds is 1. The van der Waals surface area contributed by atoms with E-state index < -0.39 is 0 Å². The molecular formula is C11H16O3. The summed E-state index contributed by atoms with van der Waals surface area (Å²) in [5, 5.41) is 9.14. The van der Waals surface area contributed by atoms with Crippen molar-refractivity contribution in [2.24, 2.45) is 17.8 Å². The number of ketones is 1. The molecule has 2 rings (SSSR count). The smallest absolute Gasteiger partial charge is 0.162 e. The van der Waals surface area contributed by atoms with E-state index in [0.717, 1.165) is 6.42 Å². The molecule has 0 aromatic carbocycles. The minimum absolute atomic E-state index is 0.0228. The number of ether oxygens (including phenoxy) is 1. The number of carbonyl (C=O) groups is 1. The Labute approximate surface area is 83.8 Å². The van der Waals surface area contributed by atoms with E-state index in [-0.39, 0.29) is 36.9 Å². The zero-order valence-corrected chi connectivity index (χ0v) is 8.35. The van der Waals surface area contributed by atoms with Gasteiger partial charge in [-0.05, 0) is 12.3 Å². The SMILES string of the molecule is C[C@@H]1C=CC[C@H]2[C@H]1C(=O)CO[C@@H]2CO. The largest absolute Gasteiger partial charge is 0.394 e. The minimum Gasteiger partial charge on any atom is -0.394 e. The van der Waals surface area contributed by atoms with Gasteiger partial charge in [-0.2, -0.15) is 0 Å². The molecule has 2 aliphatic rings. The molecule has 1 aliphatic heterocycles. The summed E-state index contributed by atoms with van der Waals surface area (Å²) >= 11 is 0. The van der Waals surface area contributed by atoms with Crippen molar-refractivity contribution in [2.45, 2.75) is 19.4 Å². The summed E-state index contributed by atoms with van der Waals surface area (Å²) in [4.78, 5) is 11.7. The Bertz CT molecular complexity index is 259. The van der Waals surface area contributed by atoms with Gasteiger partial charge in [0.25, 0.3) is 0 Å². The average Bonchev–Trinajstić information content (AvgIpc) is 2.18. The molecule has 1 fully saturated rings. The quantitative estimate of drug-likeness (QED) is 0.630. The summed E-state index contributed by atoms with van der Waals surface area (Å²) < 4.78 is 5.32. The molecule has 0 bridgehead atoms. The molecule has 1 aliphatic carbocycles. The van der Waals surface area contributed by atoms with Crippen LogP contribution >= 0.6 is 0 Å². The minimum atomic E-state index is -0.148. The van der Waals surface area contributed by atoms with Crippen molar-refractivity contribution < 1.29 is 14.6 Å². The molecule has 1 N–H and O–H groups in total. The lowest BCUT2D eigenvalue weighted by Gasteiger charge is -2.40. The van der Waals surface area contributed by atoms with Gasteiger partial charge >= 0.3 is 0 Å². The third-order valence-corrected chi connectivity index (χ3v) is 3.34. The molecule has 0 aromatic rings. The number of Topliss-reactive ketones (excluding diaryl/α,β-unsaturated/α-hetero) is 1. The second-order valence-electron chi connectivity index (χ2n) is 4.21. The predicted molar refractivity (Wildman–Crippen MR) is 51.7 cm³/mol. The highest BCUT2D eigenvalue weighted by atomic mass is 16.5. The Balaban J connectivity index is 2.22. The van der Waals surface area contributed by atoms with Crippen molar-refractivity contribution in [2.75, 3.05) is 13.2 Å². The van der Waals surface area contributed by atoms with Crippen LogP contribution < -0.4 is 0 Å². The molecule has 0 saturated carbocycles. The fourth-order valence-corrected chi connectivity index (χ4v) is 2.62. The molecule has 0 spiro atoms. The van der Waals surface area contributed by atoms with Crippen LogP contribution in [0.25, 0.3) is 0 Å². The van der Waals surface area contributed by atoms with Crippen molar-refractivity contribution >= 4 is 5.78 Å². The van der Waals surface area contributed by atoms with Crippen LogP contribution in [0.5, 0.6) is 0 Å². The summed E-state index contributed by atoms with van der Waals surface area (Å²) in [7, 11) is 0. The lowest BCUT2D eigenvalue weighted by atomic mass is 9.71. The standard InChI is InChI=1S/C11H16O3/c1-7-3-2-4-8-10(5-12)14-6-9(13)11(7)8/h2-3,7-8,10-12H,4-6H2,1H3/t7-,8-,10-,11+/m1/s1. The van der Waals surface area contributed by atoms with Crippen LogP contribution in [-0.2, 0) is 9.53 Å². The van der Waals surface area contributed by atoms with Gasteiger partial charge in [0.2, 0.25) is 0 Å². The molecule has 14 heavy (non-hydrogen) atoms. The van der Waals surface area contributed by atoms with Crippen molar-refractivity contribution in [3.63, 3.8) is 0 Å². The van der Waals surface area contributed by atoms with Gasteiger partial charge in [-0.3, -0.25) is 4.79 Å². The van der Waals surface area contributed by atoms with Crippen LogP contribution in [0, 0.1) is 17.8 Å². The lowest BCUT2D eigenvalue weighted by molar-refractivity contribution is -0.150. The Morgan fingerprint density at radius 2 is 2.43 bits per heavy atom. The first-order valence-corrected chi connectivity index (χ1v) is 5.16. The van der Waals surface area contributed by atoms with Gasteiger partial charge in [0.1, 0.15) is 6.61 Å². The van der Waals surface area contributed by atoms with Crippen LogP contribution in [0.4, 0.5) is 0 Å². The first-order valence-electron chi connectivity index (χ1n) is 5.16. The van der Waals surface area contributed by atoms with E-state index in [0.29, 0.717) is 5.92 Å². The maximum absolute atomic E-state index is 11.7. The highest BCUT2D eigenvalue weighted by Gasteiger charge is 2.42. The topological polar surface area (TPSA) is 46.5 Å². The van der Waals surface area contributed by atoms with Gasteiger partial charge in [0.15, 0.2) is 5.78 Å². The Kier molecular flexibility index (Phi) is 2.70. The van der Waals surface area contributed by atoms with E-state index >= 15 is 0 Å². The molecule has 0 unspecified atom stereocenters. The fraction of sp³-hybridized carbons (Fsp3) is 0.727. The number of aliphatic hydroxyl groups is 1. The van der Waals surface area contributed by atoms with Gasteiger partial charge in [-0.25, -0.2) is 0 Å². The van der Waals surface area contributed by atoms with E-state index in [9.17, 15) is 4.79 Å². The molecule has 0 aromatic heterocycles. The Morgan fingerprint density at radius 3 is 3.14 bits per heavy atom. The normalized spacial score (nSPS) is 42.3. The van der Waals surface area contributed by atoms with E-state index in [4.69, 9.17) is 9.84 Å². The molecule has 3 nitrogen and oxygen atoms in total. The Hall–Kier alpha value is -0.670. The molecule has 78 valence electrons. The van der Waals surface area contributed by atoms with E-state index in [1.54, 1.807) is 0 Å². The van der Waals surface area contributed by atoms with Crippen molar-refractivity contribution in [1.82, 2.24) is 0 Å². The van der Waals surface area contributed by atoms with E-state index in [2.05, 4.69) is 19.1 Å². The summed E-state index contributed by atoms with van der Waals surface area (Å²) in [5.41, 5.74) is 0. The first-order chi connectivity index (χ1) is 6.74. The third-order valence-electron chi connectivity index (χ3n) is 3.34. The first kappa shape index (κ1) is 9.87. The maximum Gasteiger partial charge on any atom is 0.162 e. The van der Waals surface area contributed by atoms with Crippen LogP contribution in [-0.4, -0.2) is 30.2 Å². The number of aliphatic hydroxyl groups excluding tert-OH is 1. The van der Waals surface area contributed by atoms with Crippen LogP contribution in [0.1, 0.15) is 13.3 Å². The second kappa shape index (κ2) is 3.83. The number of allylic oxidation sites excluding steroid dienone is 2. The maximum atomic E-state index is 11.7. The van der Waals surface area contributed by atoms with Gasteiger partial charge < -0.3 is 9.84 Å². The van der Waals surface area contributed by atoms with Crippen LogP contribution in [0.15, 0.2) is 12.2 Å². The van der Waals surface area contributed by atoms with Gasteiger partial charge in [-0.1, -0.05) is 19.1 Å². The fourth-order valence-electron chi connectivity index (χ4n) is 2.62. The van der Waals surface area contributed by atoms with Crippen LogP contribution in [0.3, 0.4) is 0 Å². The summed E-state index contributed by atoms with van der Waals surface area (Å²) in [6, 6.07) is 0. The second-order valence-corrected chi connectivity index (χ2v) is 4.21. The Morgan fingerprint density at radius 1 is 1.64 bits per heavy atom. The van der Waals surface area contributed by atoms with E-state index in [1.165, 1.54) is 0 Å². The van der Waals surface area contributed by atoms with Gasteiger partial charge in [0, 0.05) is 11.8 Å². The van der Waals surface area contributed by atoms with Gasteiger partial charge in [-0.15, -0.1) is 0 Å². The molecule has 4 atom stereocenters. The molecule has 0 radical (unpaired) electrons. The molecule has 3 heteroatoms. The number of hydrogen-bond acceptors (Lipinski definition) is 3. The highest BCUT2D eigenvalue weighted by Crippen LogP contribution is 2.37. The lowest BCUT2D eigenvalue weighted by Crippen LogP contribution is -2.47. The number of fused-ring (bicyclic) bond motifs is 1. The van der Waals surface area contributed by atoms with Crippen molar-refractivity contribution in [1.29, 1.82) is 0 Å². The predicted octanol–water partition coefficient (Wildman–Crippen LogP) is 0.775. The van der Waals surface area contributed by atoms with Gasteiger partial charge in [0.05, 0.1) is 12.7 Å². The van der Waals surface area contributed by atoms with Crippen molar-refractivity contribution in [3.05, 3.63) is 12.2 Å². The van der Waals surface area contributed by atoms with E-state index in [1.807, 2.05) is 0 Å². The van der Waals surface area contributed by atoms with Crippen LogP contribution in [0.2, 0.25) is 0 Å². The highest BCUT2D eigenvalue weighted by molar-refractivity contribution is 5.84. The number of carbonyl (C=O) groups excluding carboxylic acids is 1. The zero-order valence-electron chi connectivity index (χ0n) is 8.35.